The monoisotopic (exact) mass is 780 g/mol. The fraction of sp³-hybridized carbons (Fsp3) is 0.980. The third kappa shape index (κ3) is 42.8. The summed E-state index contributed by atoms with van der Waals surface area (Å²) in [6.07, 6.45) is 53.8. The van der Waals surface area contributed by atoms with Gasteiger partial charge in [0.25, 0.3) is 0 Å². The summed E-state index contributed by atoms with van der Waals surface area (Å²) in [5, 5.41) is 33.5. The smallest absolute Gasteiger partial charge is 0.222 e. The van der Waals surface area contributed by atoms with Crippen molar-refractivity contribution in [3.63, 3.8) is 0 Å². The predicted octanol–water partition coefficient (Wildman–Crippen LogP) is 15.0. The van der Waals surface area contributed by atoms with E-state index in [0.717, 1.165) is 25.7 Å². The van der Waals surface area contributed by atoms with Crippen LogP contribution in [0.1, 0.15) is 290 Å². The lowest BCUT2D eigenvalue weighted by molar-refractivity contribution is -0.125. The topological polar surface area (TPSA) is 89.8 Å². The van der Waals surface area contributed by atoms with Crippen molar-refractivity contribution in [2.75, 3.05) is 6.61 Å². The van der Waals surface area contributed by atoms with Crippen molar-refractivity contribution >= 4 is 5.91 Å². The van der Waals surface area contributed by atoms with Gasteiger partial charge in [0.2, 0.25) is 5.91 Å². The maximum absolute atomic E-state index is 12.5. The Balaban J connectivity index is 3.52. The first-order chi connectivity index (χ1) is 27.0. The predicted molar refractivity (Wildman–Crippen MR) is 241 cm³/mol. The summed E-state index contributed by atoms with van der Waals surface area (Å²) in [7, 11) is 0. The highest BCUT2D eigenvalue weighted by atomic mass is 16.3. The average molecular weight is 780 g/mol. The van der Waals surface area contributed by atoms with Crippen LogP contribution in [0.3, 0.4) is 0 Å². The summed E-state index contributed by atoms with van der Waals surface area (Å²) >= 11 is 0. The number of aliphatic hydroxyl groups excluding tert-OH is 3. The zero-order chi connectivity index (χ0) is 40.1. The molecule has 1 amide bonds. The van der Waals surface area contributed by atoms with Gasteiger partial charge in [-0.15, -0.1) is 0 Å². The second-order valence-corrected chi connectivity index (χ2v) is 17.8. The number of aliphatic hydroxyl groups is 3. The highest BCUT2D eigenvalue weighted by Gasteiger charge is 2.21. The van der Waals surface area contributed by atoms with Crippen molar-refractivity contribution in [3.8, 4) is 0 Å². The molecule has 0 aliphatic carbocycles. The molecular weight excluding hydrogens is 679 g/mol. The van der Waals surface area contributed by atoms with Gasteiger partial charge in [-0.05, 0) is 12.8 Å². The summed E-state index contributed by atoms with van der Waals surface area (Å²) in [5.41, 5.74) is 0. The van der Waals surface area contributed by atoms with Crippen molar-refractivity contribution in [2.45, 2.75) is 308 Å². The largest absolute Gasteiger partial charge is 0.394 e. The molecule has 4 N–H and O–H groups in total. The van der Waals surface area contributed by atoms with Crippen molar-refractivity contribution in [2.24, 2.45) is 0 Å². The van der Waals surface area contributed by atoms with Gasteiger partial charge in [0.05, 0.1) is 31.3 Å². The van der Waals surface area contributed by atoms with Crippen molar-refractivity contribution < 1.29 is 20.1 Å². The second kappa shape index (κ2) is 46.0. The minimum Gasteiger partial charge on any atom is -0.394 e. The van der Waals surface area contributed by atoms with E-state index < -0.39 is 18.2 Å². The molecule has 5 heteroatoms. The summed E-state index contributed by atoms with van der Waals surface area (Å²) < 4.78 is 0. The Morgan fingerprint density at radius 3 is 0.873 bits per heavy atom. The van der Waals surface area contributed by atoms with Crippen LogP contribution >= 0.6 is 0 Å². The van der Waals surface area contributed by atoms with E-state index in [-0.39, 0.29) is 18.9 Å². The fourth-order valence-electron chi connectivity index (χ4n) is 8.29. The van der Waals surface area contributed by atoms with E-state index in [1.165, 1.54) is 231 Å². The van der Waals surface area contributed by atoms with Gasteiger partial charge < -0.3 is 20.6 Å². The third-order valence-corrected chi connectivity index (χ3v) is 12.2. The van der Waals surface area contributed by atoms with Gasteiger partial charge in [-0.1, -0.05) is 271 Å². The summed E-state index contributed by atoms with van der Waals surface area (Å²) in [4.78, 5) is 12.5. The van der Waals surface area contributed by atoms with Gasteiger partial charge in [-0.3, -0.25) is 4.79 Å². The normalized spacial score (nSPS) is 13.3. The molecule has 0 fully saturated rings. The minimum atomic E-state index is -0.744. The van der Waals surface area contributed by atoms with E-state index in [1.54, 1.807) is 0 Å². The lowest BCUT2D eigenvalue weighted by Crippen LogP contribution is -2.46. The molecule has 3 unspecified atom stereocenters. The molecule has 0 spiro atoms. The molecule has 0 aromatic carbocycles. The lowest BCUT2D eigenvalue weighted by atomic mass is 10.0. The first-order valence-corrected chi connectivity index (χ1v) is 25.3. The number of amides is 1. The van der Waals surface area contributed by atoms with Crippen molar-refractivity contribution in [1.82, 2.24) is 5.32 Å². The Bertz CT molecular complexity index is 733. The van der Waals surface area contributed by atoms with Gasteiger partial charge in [0.1, 0.15) is 0 Å². The number of hydrogen-bond donors (Lipinski definition) is 4. The number of unbranched alkanes of at least 4 members (excludes halogenated alkanes) is 38. The molecule has 5 nitrogen and oxygen atoms in total. The molecule has 0 rings (SSSR count). The van der Waals surface area contributed by atoms with Crippen LogP contribution in [-0.2, 0) is 4.79 Å². The van der Waals surface area contributed by atoms with Crippen LogP contribution in [0.25, 0.3) is 0 Å². The molecule has 55 heavy (non-hydrogen) atoms. The SMILES string of the molecule is CCCCCCCCCCCCCCCCCCCCCCCCCCC(O)C(CO)NC(=O)CC(O)CCCCCCCCCCCCCCCCCC. The number of rotatable bonds is 47. The number of hydrogen-bond acceptors (Lipinski definition) is 4. The maximum atomic E-state index is 12.5. The van der Waals surface area contributed by atoms with Crippen LogP contribution in [0.5, 0.6) is 0 Å². The Morgan fingerprint density at radius 1 is 0.382 bits per heavy atom. The van der Waals surface area contributed by atoms with E-state index in [2.05, 4.69) is 19.2 Å². The van der Waals surface area contributed by atoms with Gasteiger partial charge >= 0.3 is 0 Å². The van der Waals surface area contributed by atoms with Gasteiger partial charge in [-0.25, -0.2) is 0 Å². The van der Waals surface area contributed by atoms with E-state index in [1.807, 2.05) is 0 Å². The highest BCUT2D eigenvalue weighted by molar-refractivity contribution is 5.76. The lowest BCUT2D eigenvalue weighted by Gasteiger charge is -2.23. The van der Waals surface area contributed by atoms with Gasteiger partial charge in [-0.2, -0.15) is 0 Å². The van der Waals surface area contributed by atoms with E-state index in [4.69, 9.17) is 0 Å². The molecule has 0 aromatic rings. The van der Waals surface area contributed by atoms with Crippen LogP contribution in [0.15, 0.2) is 0 Å². The molecule has 3 atom stereocenters. The number of carbonyl (C=O) groups is 1. The number of nitrogens with one attached hydrogen (secondary N) is 1. The van der Waals surface area contributed by atoms with Gasteiger partial charge in [0, 0.05) is 0 Å². The Labute approximate surface area is 345 Å². The third-order valence-electron chi connectivity index (χ3n) is 12.2. The Kier molecular flexibility index (Phi) is 45.5. The van der Waals surface area contributed by atoms with Crippen molar-refractivity contribution in [3.05, 3.63) is 0 Å². The molecule has 0 aliphatic rings. The summed E-state index contributed by atoms with van der Waals surface area (Å²) in [6, 6.07) is -0.653. The Morgan fingerprint density at radius 2 is 0.618 bits per heavy atom. The molecule has 0 radical (unpaired) electrons. The van der Waals surface area contributed by atoms with E-state index >= 15 is 0 Å². The average Bonchev–Trinajstić information content (AvgIpc) is 3.18. The second-order valence-electron chi connectivity index (χ2n) is 17.8. The molecule has 0 aromatic heterocycles. The maximum Gasteiger partial charge on any atom is 0.222 e. The Hall–Kier alpha value is -0.650. The van der Waals surface area contributed by atoms with Crippen LogP contribution in [0.4, 0.5) is 0 Å². The summed E-state index contributed by atoms with van der Waals surface area (Å²) in [5.74, 6) is -0.276. The minimum absolute atomic E-state index is 0.0431. The molecule has 0 aliphatic heterocycles. The first-order valence-electron chi connectivity index (χ1n) is 25.3. The standard InChI is InChI=1S/C50H101NO4/c1-3-5-7-9-11-13-15-17-19-21-22-23-24-25-26-27-28-30-32-34-36-38-40-42-44-49(54)48(46-52)51-50(55)45-47(53)43-41-39-37-35-33-31-29-20-18-16-14-12-10-8-6-4-2/h47-49,52-54H,3-46H2,1-2H3,(H,51,55). The molecule has 0 heterocycles. The fourth-order valence-corrected chi connectivity index (χ4v) is 8.29. The zero-order valence-electron chi connectivity index (χ0n) is 37.6. The van der Waals surface area contributed by atoms with Crippen LogP contribution in [0, 0.1) is 0 Å². The van der Waals surface area contributed by atoms with Crippen LogP contribution < -0.4 is 5.32 Å². The first kappa shape index (κ1) is 54.3. The quantitative estimate of drug-likeness (QED) is 0.0463. The molecular formula is C50H101NO4. The molecule has 0 bridgehead atoms. The van der Waals surface area contributed by atoms with Crippen LogP contribution in [0.2, 0.25) is 0 Å². The summed E-state index contributed by atoms with van der Waals surface area (Å²) in [6.45, 7) is 4.30. The molecule has 0 saturated carbocycles. The van der Waals surface area contributed by atoms with Gasteiger partial charge in [0.15, 0.2) is 0 Å². The number of carbonyl (C=O) groups excluding carboxylic acids is 1. The van der Waals surface area contributed by atoms with E-state index in [9.17, 15) is 20.1 Å². The van der Waals surface area contributed by atoms with E-state index in [0.29, 0.717) is 12.8 Å². The zero-order valence-corrected chi connectivity index (χ0v) is 37.6. The van der Waals surface area contributed by atoms with Crippen molar-refractivity contribution in [1.29, 1.82) is 0 Å². The van der Waals surface area contributed by atoms with Crippen LogP contribution in [-0.4, -0.2) is 46.1 Å². The molecule has 330 valence electrons. The highest BCUT2D eigenvalue weighted by Crippen LogP contribution is 2.18. The molecule has 0 saturated heterocycles.